The number of rotatable bonds is 7. The third kappa shape index (κ3) is 6.51. The van der Waals surface area contributed by atoms with E-state index in [4.69, 9.17) is 19.9 Å². The van der Waals surface area contributed by atoms with Crippen LogP contribution in [-0.4, -0.2) is 24.5 Å². The molecule has 0 bridgehead atoms. The summed E-state index contributed by atoms with van der Waals surface area (Å²) in [6, 6.07) is 78.8. The molecule has 0 unspecified atom stereocenters. The van der Waals surface area contributed by atoms with Crippen molar-refractivity contribution < 1.29 is 0 Å². The van der Waals surface area contributed by atoms with E-state index in [9.17, 15) is 0 Å². The quantitative estimate of drug-likeness (QED) is 0.161. The van der Waals surface area contributed by atoms with Gasteiger partial charge in [-0.25, -0.2) is 19.9 Å². The molecule has 11 aromatic rings. The molecule has 0 aliphatic carbocycles. The molecule has 1 aliphatic rings. The highest BCUT2D eigenvalue weighted by molar-refractivity contribution is 6.03. The maximum atomic E-state index is 5.27. The van der Waals surface area contributed by atoms with Crippen molar-refractivity contribution in [1.29, 1.82) is 0 Å². The van der Waals surface area contributed by atoms with Gasteiger partial charge in [0, 0.05) is 33.4 Å². The fourth-order valence-electron chi connectivity index (χ4n) is 8.94. The van der Waals surface area contributed by atoms with Gasteiger partial charge in [0.15, 0.2) is 17.5 Å². The number of hydrogen-bond acceptors (Lipinski definition) is 4. The normalized spacial score (nSPS) is 11.5. The van der Waals surface area contributed by atoms with Gasteiger partial charge in [0.25, 0.3) is 0 Å². The zero-order valence-corrected chi connectivity index (χ0v) is 34.1. The van der Waals surface area contributed by atoms with Gasteiger partial charge in [0.2, 0.25) is 0 Å². The number of imidazole rings is 1. The van der Waals surface area contributed by atoms with E-state index in [0.29, 0.717) is 17.5 Å². The third-order valence-corrected chi connectivity index (χ3v) is 12.0. The predicted molar refractivity (Wildman–Crippen MR) is 257 cm³/mol. The molecular weight excluding hydrogens is 767 g/mol. The van der Waals surface area contributed by atoms with Crippen molar-refractivity contribution in [1.82, 2.24) is 24.5 Å². The van der Waals surface area contributed by atoms with Crippen LogP contribution in [0, 0.1) is 0 Å². The summed E-state index contributed by atoms with van der Waals surface area (Å²) in [6.45, 7) is 0. The lowest BCUT2D eigenvalue weighted by Crippen LogP contribution is -2.00. The van der Waals surface area contributed by atoms with Crippen molar-refractivity contribution in [3.8, 4) is 107 Å². The van der Waals surface area contributed by atoms with E-state index in [1.165, 1.54) is 27.8 Å². The van der Waals surface area contributed by atoms with Crippen LogP contribution in [-0.2, 0) is 0 Å². The van der Waals surface area contributed by atoms with Crippen molar-refractivity contribution in [2.75, 3.05) is 0 Å². The van der Waals surface area contributed by atoms with Crippen molar-refractivity contribution in [3.63, 3.8) is 0 Å². The molecule has 0 radical (unpaired) electrons. The van der Waals surface area contributed by atoms with Gasteiger partial charge in [-0.15, -0.1) is 0 Å². The first kappa shape index (κ1) is 36.3. The minimum atomic E-state index is 0.625. The monoisotopic (exact) mass is 803 g/mol. The fourth-order valence-corrected chi connectivity index (χ4v) is 8.94. The number of hydrogen-bond donors (Lipinski definition) is 0. The SMILES string of the molecule is c1ccc(-c2ccc(-c3nc(-c4ccccc4)nc(-c4cccc(-c5cccc(-c6ccc(-c7nc8cccc9c8n7-c7ccccc7-c7ccccc7-9)cc6)c5)c4)n3)cc2)cc1. The highest BCUT2D eigenvalue weighted by Crippen LogP contribution is 2.45. The standard InChI is InChI=1S/C58H37N5/c1-3-14-38(15-4-1)39-28-32-42(33-29-39)56-60-55(41-16-5-2-6-17-41)61-57(62-56)47-21-12-20-46(37-47)45-19-11-18-44(36-45)40-30-34-43(35-31-40)58-59-52-26-13-25-51-49-23-8-7-22-48(49)50-24-9-10-27-53(50)63(58)54(51)52/h1-37H. The minimum Gasteiger partial charge on any atom is -0.291 e. The van der Waals surface area contributed by atoms with Gasteiger partial charge in [0.1, 0.15) is 5.82 Å². The van der Waals surface area contributed by atoms with E-state index in [1.54, 1.807) is 0 Å². The summed E-state index contributed by atoms with van der Waals surface area (Å²) in [5.41, 5.74) is 18.7. The molecule has 3 heterocycles. The van der Waals surface area contributed by atoms with Crippen LogP contribution in [0.5, 0.6) is 0 Å². The predicted octanol–water partition coefficient (Wildman–Crippen LogP) is 14.5. The lowest BCUT2D eigenvalue weighted by molar-refractivity contribution is 1.07. The van der Waals surface area contributed by atoms with Gasteiger partial charge >= 0.3 is 0 Å². The van der Waals surface area contributed by atoms with Crippen LogP contribution in [0.4, 0.5) is 0 Å². The molecule has 9 aromatic carbocycles. The lowest BCUT2D eigenvalue weighted by atomic mass is 9.94. The molecular formula is C58H37N5. The van der Waals surface area contributed by atoms with Gasteiger partial charge in [-0.1, -0.05) is 200 Å². The van der Waals surface area contributed by atoms with Crippen molar-refractivity contribution in [2.24, 2.45) is 0 Å². The van der Waals surface area contributed by atoms with E-state index in [0.717, 1.165) is 72.6 Å². The molecule has 0 fully saturated rings. The molecule has 0 saturated carbocycles. The molecule has 0 spiro atoms. The molecule has 0 saturated heterocycles. The number of benzene rings is 9. The van der Waals surface area contributed by atoms with Crippen LogP contribution >= 0.6 is 0 Å². The second-order valence-electron chi connectivity index (χ2n) is 15.9. The second-order valence-corrected chi connectivity index (χ2v) is 15.9. The van der Waals surface area contributed by atoms with Crippen LogP contribution in [0.1, 0.15) is 0 Å². The van der Waals surface area contributed by atoms with Crippen molar-refractivity contribution in [3.05, 3.63) is 224 Å². The Kier molecular flexibility index (Phi) is 8.75. The van der Waals surface area contributed by atoms with Crippen molar-refractivity contribution >= 4 is 11.0 Å². The molecule has 5 nitrogen and oxygen atoms in total. The Hall–Kier alpha value is -8.54. The van der Waals surface area contributed by atoms with Crippen molar-refractivity contribution in [2.45, 2.75) is 0 Å². The second kappa shape index (κ2) is 15.2. The van der Waals surface area contributed by atoms with Gasteiger partial charge in [-0.3, -0.25) is 4.57 Å². The number of para-hydroxylation sites is 2. The van der Waals surface area contributed by atoms with Gasteiger partial charge < -0.3 is 0 Å². The Balaban J connectivity index is 0.886. The smallest absolute Gasteiger partial charge is 0.164 e. The summed E-state index contributed by atoms with van der Waals surface area (Å²) in [6.07, 6.45) is 0. The van der Waals surface area contributed by atoms with Crippen LogP contribution in [0.3, 0.4) is 0 Å². The first-order valence-electron chi connectivity index (χ1n) is 21.2. The fraction of sp³-hybridized carbons (Fsp3) is 0. The van der Waals surface area contributed by atoms with E-state index in [2.05, 4.69) is 193 Å². The zero-order chi connectivity index (χ0) is 41.7. The lowest BCUT2D eigenvalue weighted by Gasteiger charge is -2.13. The number of nitrogens with zero attached hydrogens (tertiary/aromatic N) is 5. The van der Waals surface area contributed by atoms with E-state index < -0.39 is 0 Å². The first-order chi connectivity index (χ1) is 31.2. The van der Waals surface area contributed by atoms with E-state index in [1.807, 2.05) is 36.4 Å². The van der Waals surface area contributed by atoms with Gasteiger partial charge in [-0.2, -0.15) is 0 Å². The average molecular weight is 804 g/mol. The molecule has 294 valence electrons. The summed E-state index contributed by atoms with van der Waals surface area (Å²) in [4.78, 5) is 20.3. The molecule has 5 heteroatoms. The van der Waals surface area contributed by atoms with Crippen LogP contribution in [0.15, 0.2) is 224 Å². The molecule has 0 N–H and O–H groups in total. The zero-order valence-electron chi connectivity index (χ0n) is 34.1. The third-order valence-electron chi connectivity index (χ3n) is 12.0. The molecule has 0 atom stereocenters. The molecule has 0 amide bonds. The maximum absolute atomic E-state index is 5.27. The summed E-state index contributed by atoms with van der Waals surface area (Å²) < 4.78 is 2.35. The van der Waals surface area contributed by atoms with Crippen LogP contribution in [0.2, 0.25) is 0 Å². The highest BCUT2D eigenvalue weighted by Gasteiger charge is 2.25. The van der Waals surface area contributed by atoms with Crippen LogP contribution < -0.4 is 0 Å². The van der Waals surface area contributed by atoms with Gasteiger partial charge in [0.05, 0.1) is 16.7 Å². The maximum Gasteiger partial charge on any atom is 0.164 e. The summed E-state index contributed by atoms with van der Waals surface area (Å²) >= 11 is 0. The Labute approximate surface area is 365 Å². The van der Waals surface area contributed by atoms with Gasteiger partial charge in [-0.05, 0) is 68.8 Å². The Bertz CT molecular complexity index is 3480. The Morgan fingerprint density at radius 3 is 1.32 bits per heavy atom. The number of fused-ring (bicyclic) bond motifs is 5. The molecule has 2 aromatic heterocycles. The van der Waals surface area contributed by atoms with E-state index in [-0.39, 0.29) is 0 Å². The summed E-state index contributed by atoms with van der Waals surface area (Å²) in [5.74, 6) is 2.82. The minimum absolute atomic E-state index is 0.625. The van der Waals surface area contributed by atoms with E-state index >= 15 is 0 Å². The number of aromatic nitrogens is 5. The van der Waals surface area contributed by atoms with Crippen LogP contribution in [0.25, 0.3) is 118 Å². The summed E-state index contributed by atoms with van der Waals surface area (Å²) in [7, 11) is 0. The average Bonchev–Trinajstić information content (AvgIpc) is 3.71. The molecule has 63 heavy (non-hydrogen) atoms. The Morgan fingerprint density at radius 1 is 0.254 bits per heavy atom. The molecule has 1 aliphatic heterocycles. The first-order valence-corrected chi connectivity index (χ1v) is 21.2. The molecule has 12 rings (SSSR count). The highest BCUT2D eigenvalue weighted by atomic mass is 15.1. The Morgan fingerprint density at radius 2 is 0.651 bits per heavy atom. The summed E-state index contributed by atoms with van der Waals surface area (Å²) in [5, 5.41) is 0. The largest absolute Gasteiger partial charge is 0.291 e. The topological polar surface area (TPSA) is 56.5 Å².